The fourth-order valence-electron chi connectivity index (χ4n) is 1.29. The largest absolute Gasteiger partial charge is 0.444 e. The van der Waals surface area contributed by atoms with Gasteiger partial charge in [0.2, 0.25) is 0 Å². The third-order valence-corrected chi connectivity index (χ3v) is 2.92. The second kappa shape index (κ2) is 6.99. The third-order valence-electron chi connectivity index (χ3n) is 2.36. The molecule has 0 aliphatic rings. The van der Waals surface area contributed by atoms with Crippen LogP contribution in [0.3, 0.4) is 0 Å². The van der Waals surface area contributed by atoms with Crippen molar-refractivity contribution in [2.75, 3.05) is 5.33 Å². The van der Waals surface area contributed by atoms with Gasteiger partial charge in [0, 0.05) is 0 Å². The molecule has 1 amide bonds. The molecule has 0 saturated heterocycles. The number of alkyl carbamates (subject to hydrolysis) is 1. The normalized spacial score (nSPS) is 14.9. The Morgan fingerprint density at radius 1 is 1.35 bits per heavy atom. The molecule has 0 aromatic carbocycles. The fraction of sp³-hybridized carbons (Fsp3) is 0.833. The van der Waals surface area contributed by atoms with Gasteiger partial charge in [0.05, 0.1) is 11.4 Å². The van der Waals surface area contributed by atoms with E-state index in [1.54, 1.807) is 20.8 Å². The molecule has 100 valence electrons. The smallest absolute Gasteiger partial charge is 0.408 e. The van der Waals surface area contributed by atoms with E-state index in [1.165, 1.54) is 0 Å². The first-order valence-electron chi connectivity index (χ1n) is 5.79. The van der Waals surface area contributed by atoms with Crippen LogP contribution in [0.4, 0.5) is 4.79 Å². The number of rotatable bonds is 5. The van der Waals surface area contributed by atoms with Gasteiger partial charge in [-0.25, -0.2) is 4.79 Å². The summed E-state index contributed by atoms with van der Waals surface area (Å²) in [4.78, 5) is 23.3. The first-order chi connectivity index (χ1) is 7.71. The highest BCUT2D eigenvalue weighted by atomic mass is 79.9. The van der Waals surface area contributed by atoms with Gasteiger partial charge in [0.25, 0.3) is 0 Å². The van der Waals surface area contributed by atoms with Crippen LogP contribution >= 0.6 is 15.9 Å². The molecule has 0 radical (unpaired) electrons. The van der Waals surface area contributed by atoms with Gasteiger partial charge in [-0.3, -0.25) is 4.79 Å². The fourth-order valence-corrected chi connectivity index (χ4v) is 1.64. The predicted octanol–water partition coefficient (Wildman–Crippen LogP) is 2.89. The molecule has 5 heteroatoms. The second-order valence-corrected chi connectivity index (χ2v) is 5.67. The SMILES string of the molecule is CCC(C)C(NC(=O)OC(C)(C)C)C(=O)CBr. The molecule has 0 rings (SSSR count). The number of amides is 1. The van der Waals surface area contributed by atoms with Gasteiger partial charge in [-0.15, -0.1) is 0 Å². The molecular weight excluding hydrogens is 286 g/mol. The number of hydrogen-bond donors (Lipinski definition) is 1. The number of hydrogen-bond acceptors (Lipinski definition) is 3. The van der Waals surface area contributed by atoms with E-state index in [-0.39, 0.29) is 17.0 Å². The van der Waals surface area contributed by atoms with Crippen molar-refractivity contribution in [3.8, 4) is 0 Å². The summed E-state index contributed by atoms with van der Waals surface area (Å²) in [5.41, 5.74) is -0.554. The van der Waals surface area contributed by atoms with Crippen LogP contribution in [0.5, 0.6) is 0 Å². The molecule has 17 heavy (non-hydrogen) atoms. The van der Waals surface area contributed by atoms with Crippen molar-refractivity contribution in [1.29, 1.82) is 0 Å². The molecule has 0 aromatic heterocycles. The number of nitrogens with one attached hydrogen (secondary N) is 1. The van der Waals surface area contributed by atoms with Gasteiger partial charge in [-0.1, -0.05) is 36.2 Å². The van der Waals surface area contributed by atoms with Crippen molar-refractivity contribution in [1.82, 2.24) is 5.32 Å². The van der Waals surface area contributed by atoms with Crippen LogP contribution in [0.15, 0.2) is 0 Å². The summed E-state index contributed by atoms with van der Waals surface area (Å²) in [5.74, 6) is 0.0535. The standard InChI is InChI=1S/C12H22BrNO3/c1-6-8(2)10(9(15)7-13)14-11(16)17-12(3,4)5/h8,10H,6-7H2,1-5H3,(H,14,16). The van der Waals surface area contributed by atoms with Crippen LogP contribution in [0.1, 0.15) is 41.0 Å². The lowest BCUT2D eigenvalue weighted by atomic mass is 9.96. The van der Waals surface area contributed by atoms with E-state index in [4.69, 9.17) is 4.74 Å². The second-order valence-electron chi connectivity index (χ2n) is 5.11. The number of halogens is 1. The highest BCUT2D eigenvalue weighted by Gasteiger charge is 2.27. The minimum absolute atomic E-state index is 0.0368. The van der Waals surface area contributed by atoms with Crippen molar-refractivity contribution in [3.05, 3.63) is 0 Å². The summed E-state index contributed by atoms with van der Waals surface area (Å²) < 4.78 is 5.14. The summed E-state index contributed by atoms with van der Waals surface area (Å²) in [6, 6.07) is -0.491. The lowest BCUT2D eigenvalue weighted by Gasteiger charge is -2.25. The van der Waals surface area contributed by atoms with E-state index in [9.17, 15) is 9.59 Å². The molecule has 0 heterocycles. The lowest BCUT2D eigenvalue weighted by molar-refractivity contribution is -0.119. The van der Waals surface area contributed by atoms with Gasteiger partial charge in [0.15, 0.2) is 5.78 Å². The number of carbonyl (C=O) groups is 2. The summed E-state index contributed by atoms with van der Waals surface area (Å²) in [7, 11) is 0. The van der Waals surface area contributed by atoms with E-state index in [2.05, 4.69) is 21.2 Å². The Morgan fingerprint density at radius 2 is 1.88 bits per heavy atom. The third kappa shape index (κ3) is 6.66. The van der Waals surface area contributed by atoms with Crippen molar-refractivity contribution in [2.24, 2.45) is 5.92 Å². The number of ketones is 1. The van der Waals surface area contributed by atoms with Crippen molar-refractivity contribution >= 4 is 27.8 Å². The maximum atomic E-state index is 11.7. The van der Waals surface area contributed by atoms with Crippen LogP contribution in [0, 0.1) is 5.92 Å². The van der Waals surface area contributed by atoms with Crippen LogP contribution in [-0.2, 0) is 9.53 Å². The zero-order valence-electron chi connectivity index (χ0n) is 11.2. The molecular formula is C12H22BrNO3. The van der Waals surface area contributed by atoms with Crippen LogP contribution in [0.2, 0.25) is 0 Å². The van der Waals surface area contributed by atoms with Crippen molar-refractivity contribution in [2.45, 2.75) is 52.7 Å². The molecule has 0 fully saturated rings. The molecule has 0 aliphatic carbocycles. The zero-order chi connectivity index (χ0) is 13.6. The topological polar surface area (TPSA) is 55.4 Å². The first-order valence-corrected chi connectivity index (χ1v) is 6.91. The molecule has 0 spiro atoms. The molecule has 2 unspecified atom stereocenters. The van der Waals surface area contributed by atoms with E-state index in [1.807, 2.05) is 13.8 Å². The first kappa shape index (κ1) is 16.4. The highest BCUT2D eigenvalue weighted by Crippen LogP contribution is 2.12. The Kier molecular flexibility index (Phi) is 6.75. The quantitative estimate of drug-likeness (QED) is 0.795. The Labute approximate surface area is 112 Å². The molecule has 1 N–H and O–H groups in total. The Bertz CT molecular complexity index is 273. The van der Waals surface area contributed by atoms with Gasteiger partial charge >= 0.3 is 6.09 Å². The maximum Gasteiger partial charge on any atom is 0.408 e. The van der Waals surface area contributed by atoms with Gasteiger partial charge in [-0.2, -0.15) is 0 Å². The molecule has 4 nitrogen and oxygen atoms in total. The number of ether oxygens (including phenoxy) is 1. The van der Waals surface area contributed by atoms with E-state index < -0.39 is 17.7 Å². The number of carbonyl (C=O) groups excluding carboxylic acids is 2. The monoisotopic (exact) mass is 307 g/mol. The van der Waals surface area contributed by atoms with E-state index in [0.717, 1.165) is 6.42 Å². The summed E-state index contributed by atoms with van der Waals surface area (Å²) >= 11 is 3.12. The van der Waals surface area contributed by atoms with E-state index in [0.29, 0.717) is 0 Å². The minimum Gasteiger partial charge on any atom is -0.444 e. The van der Waals surface area contributed by atoms with E-state index >= 15 is 0 Å². The predicted molar refractivity (Wildman–Crippen MR) is 71.4 cm³/mol. The summed E-state index contributed by atoms with van der Waals surface area (Å²) in [6.45, 7) is 9.28. The number of Topliss-reactive ketones (excluding diaryl/α,β-unsaturated/α-hetero) is 1. The van der Waals surface area contributed by atoms with Crippen molar-refractivity contribution < 1.29 is 14.3 Å². The minimum atomic E-state index is -0.554. The molecule has 0 aliphatic heterocycles. The van der Waals surface area contributed by atoms with Gasteiger partial charge < -0.3 is 10.1 Å². The maximum absolute atomic E-state index is 11.7. The van der Waals surface area contributed by atoms with Crippen LogP contribution < -0.4 is 5.32 Å². The molecule has 0 saturated carbocycles. The Balaban J connectivity index is 4.54. The summed E-state index contributed by atoms with van der Waals surface area (Å²) in [5, 5.41) is 2.87. The van der Waals surface area contributed by atoms with Crippen molar-refractivity contribution in [3.63, 3.8) is 0 Å². The average molecular weight is 308 g/mol. The highest BCUT2D eigenvalue weighted by molar-refractivity contribution is 9.09. The zero-order valence-corrected chi connectivity index (χ0v) is 12.8. The Hall–Kier alpha value is -0.580. The molecule has 0 aromatic rings. The van der Waals surface area contributed by atoms with Gasteiger partial charge in [-0.05, 0) is 26.7 Å². The van der Waals surface area contributed by atoms with Crippen LogP contribution in [-0.4, -0.2) is 28.8 Å². The Morgan fingerprint density at radius 3 is 2.24 bits per heavy atom. The summed E-state index contributed by atoms with van der Waals surface area (Å²) in [6.07, 6.45) is 0.274. The lowest BCUT2D eigenvalue weighted by Crippen LogP contribution is -2.47. The van der Waals surface area contributed by atoms with Gasteiger partial charge in [0.1, 0.15) is 5.60 Å². The van der Waals surface area contributed by atoms with Crippen LogP contribution in [0.25, 0.3) is 0 Å². The molecule has 0 bridgehead atoms. The number of alkyl halides is 1. The average Bonchev–Trinajstić information content (AvgIpc) is 2.21. The molecule has 2 atom stereocenters.